The summed E-state index contributed by atoms with van der Waals surface area (Å²) < 4.78 is 4.99. The first-order chi connectivity index (χ1) is 3.70. The van der Waals surface area contributed by atoms with Gasteiger partial charge in [-0.15, -0.1) is 0 Å². The van der Waals surface area contributed by atoms with Gasteiger partial charge in [0.2, 0.25) is 0 Å². The van der Waals surface area contributed by atoms with Gasteiger partial charge in [0, 0.05) is 5.66 Å². The van der Waals surface area contributed by atoms with Crippen molar-refractivity contribution >= 4 is 13.5 Å². The van der Waals surface area contributed by atoms with E-state index >= 15 is 0 Å². The van der Waals surface area contributed by atoms with Gasteiger partial charge in [-0.25, -0.2) is 0 Å². The molecule has 2 heteroatoms. The molecule has 1 aromatic heterocycles. The van der Waals surface area contributed by atoms with Gasteiger partial charge in [0.1, 0.15) is 0 Å². The Morgan fingerprint density at radius 1 is 1.50 bits per heavy atom. The van der Waals surface area contributed by atoms with E-state index < -0.39 is 0 Å². The summed E-state index contributed by atoms with van der Waals surface area (Å²) >= 11 is 0. The molecule has 0 atom stereocenters. The van der Waals surface area contributed by atoms with Crippen molar-refractivity contribution in [3.05, 3.63) is 17.4 Å². The highest BCUT2D eigenvalue weighted by Crippen LogP contribution is 1.98. The van der Waals surface area contributed by atoms with Gasteiger partial charge in [0.25, 0.3) is 0 Å². The number of furan rings is 1. The molecule has 0 N–H and O–H groups in total. The van der Waals surface area contributed by atoms with Gasteiger partial charge in [-0.2, -0.15) is 0 Å². The monoisotopic (exact) mass is 106 g/mol. The Balaban J connectivity index is 3.14. The van der Waals surface area contributed by atoms with E-state index in [1.165, 1.54) is 0 Å². The third-order valence-corrected chi connectivity index (χ3v) is 1.08. The van der Waals surface area contributed by atoms with Gasteiger partial charge in [-0.1, -0.05) is 0 Å². The predicted molar refractivity (Wildman–Crippen MR) is 33.6 cm³/mol. The van der Waals surface area contributed by atoms with Gasteiger partial charge in [0.05, 0.1) is 5.76 Å². The molecule has 0 bridgehead atoms. The molecule has 0 saturated carbocycles. The first-order valence-electron chi connectivity index (χ1n) is 2.52. The summed E-state index contributed by atoms with van der Waals surface area (Å²) in [6.07, 6.45) is 0. The number of rotatable bonds is 0. The maximum atomic E-state index is 5.37. The normalized spacial score (nSPS) is 9.75. The second-order valence-corrected chi connectivity index (χ2v) is 1.90. The van der Waals surface area contributed by atoms with E-state index in [0.717, 1.165) is 11.3 Å². The quantitative estimate of drug-likeness (QED) is 0.443. The lowest BCUT2D eigenvalue weighted by Gasteiger charge is -1.81. The van der Waals surface area contributed by atoms with E-state index in [9.17, 15) is 0 Å². The van der Waals surface area contributed by atoms with Gasteiger partial charge in [0.15, 0.2) is 7.85 Å². The van der Waals surface area contributed by atoms with Crippen LogP contribution in [0.5, 0.6) is 0 Å². The smallest absolute Gasteiger partial charge is 0.168 e. The van der Waals surface area contributed by atoms with Crippen molar-refractivity contribution in [2.24, 2.45) is 0 Å². The van der Waals surface area contributed by atoms with Crippen LogP contribution in [0.25, 0.3) is 0 Å². The third-order valence-electron chi connectivity index (χ3n) is 1.08. The molecule has 0 fully saturated rings. The first-order valence-corrected chi connectivity index (χ1v) is 2.52. The molecular formula is C6H7BO. The lowest BCUT2D eigenvalue weighted by atomic mass is 10.0. The van der Waals surface area contributed by atoms with Gasteiger partial charge >= 0.3 is 0 Å². The summed E-state index contributed by atoms with van der Waals surface area (Å²) in [5, 5.41) is 0. The average Bonchev–Trinajstić information content (AvgIpc) is 1.85. The highest BCUT2D eigenvalue weighted by molar-refractivity contribution is 6.30. The fourth-order valence-electron chi connectivity index (χ4n) is 0.659. The number of aryl methyl sites for hydroxylation is 2. The minimum absolute atomic E-state index is 0.530. The van der Waals surface area contributed by atoms with Crippen LogP contribution in [0.3, 0.4) is 0 Å². The molecule has 0 saturated heterocycles. The Morgan fingerprint density at radius 2 is 2.12 bits per heavy atom. The Morgan fingerprint density at radius 3 is 2.25 bits per heavy atom. The zero-order valence-electron chi connectivity index (χ0n) is 5.06. The Bertz CT molecular complexity index is 171. The van der Waals surface area contributed by atoms with Crippen LogP contribution >= 0.6 is 0 Å². The molecule has 1 heterocycles. The highest BCUT2D eigenvalue weighted by atomic mass is 16.3. The maximum Gasteiger partial charge on any atom is 0.168 e. The molecule has 40 valence electrons. The highest BCUT2D eigenvalue weighted by Gasteiger charge is 1.94. The Hall–Kier alpha value is -0.655. The van der Waals surface area contributed by atoms with E-state index in [0.29, 0.717) is 5.66 Å². The molecular weight excluding hydrogens is 98.9 g/mol. The summed E-state index contributed by atoms with van der Waals surface area (Å²) in [7, 11) is 5.37. The van der Waals surface area contributed by atoms with E-state index in [1.807, 2.05) is 19.9 Å². The number of hydrogen-bond donors (Lipinski definition) is 0. The summed E-state index contributed by atoms with van der Waals surface area (Å²) in [5.74, 6) is 0.875. The van der Waals surface area contributed by atoms with Gasteiger partial charge in [-0.3, -0.25) is 0 Å². The lowest BCUT2D eigenvalue weighted by Crippen LogP contribution is -1.99. The fraction of sp³-hybridized carbons (Fsp3) is 0.333. The summed E-state index contributed by atoms with van der Waals surface area (Å²) in [4.78, 5) is 0. The second kappa shape index (κ2) is 1.69. The minimum atomic E-state index is 0.530. The number of hydrogen-bond acceptors (Lipinski definition) is 1. The van der Waals surface area contributed by atoms with Gasteiger partial charge in [-0.05, 0) is 25.5 Å². The summed E-state index contributed by atoms with van der Waals surface area (Å²) in [6, 6.07) is 1.91. The molecule has 0 spiro atoms. The molecule has 1 rings (SSSR count). The molecule has 8 heavy (non-hydrogen) atoms. The molecule has 0 amide bonds. The zero-order chi connectivity index (χ0) is 6.15. The fourth-order valence-corrected chi connectivity index (χ4v) is 0.659. The van der Waals surface area contributed by atoms with E-state index in [4.69, 9.17) is 12.3 Å². The lowest BCUT2D eigenvalue weighted by molar-refractivity contribution is 0.565. The standard InChI is InChI=1S/C6H7BO/c1-4-3-5(2)8-6(4)7/h3H,1-2H3. The van der Waals surface area contributed by atoms with Crippen molar-refractivity contribution in [2.75, 3.05) is 0 Å². The van der Waals surface area contributed by atoms with E-state index in [1.54, 1.807) is 0 Å². The molecule has 1 nitrogen and oxygen atoms in total. The van der Waals surface area contributed by atoms with E-state index in [-0.39, 0.29) is 0 Å². The molecule has 0 aromatic carbocycles. The molecule has 0 aliphatic heterocycles. The van der Waals surface area contributed by atoms with Crippen molar-refractivity contribution in [3.8, 4) is 0 Å². The van der Waals surface area contributed by atoms with Crippen LogP contribution in [0.2, 0.25) is 0 Å². The topological polar surface area (TPSA) is 13.1 Å². The minimum Gasteiger partial charge on any atom is -0.478 e. The molecule has 1 aromatic rings. The largest absolute Gasteiger partial charge is 0.478 e. The van der Waals surface area contributed by atoms with Crippen molar-refractivity contribution < 1.29 is 4.42 Å². The Kier molecular flexibility index (Phi) is 1.16. The predicted octanol–water partition coefficient (Wildman–Crippen LogP) is 0.690. The summed E-state index contributed by atoms with van der Waals surface area (Å²) in [6.45, 7) is 3.80. The van der Waals surface area contributed by atoms with E-state index in [2.05, 4.69) is 0 Å². The van der Waals surface area contributed by atoms with Crippen LogP contribution in [-0.2, 0) is 0 Å². The Labute approximate surface area is 50.1 Å². The summed E-state index contributed by atoms with van der Waals surface area (Å²) in [5.41, 5.74) is 1.55. The molecule has 0 aliphatic carbocycles. The maximum absolute atomic E-state index is 5.37. The zero-order valence-corrected chi connectivity index (χ0v) is 5.06. The average molecular weight is 106 g/mol. The molecule has 2 radical (unpaired) electrons. The second-order valence-electron chi connectivity index (χ2n) is 1.90. The van der Waals surface area contributed by atoms with Crippen LogP contribution < -0.4 is 5.66 Å². The van der Waals surface area contributed by atoms with Crippen LogP contribution in [0.15, 0.2) is 10.5 Å². The van der Waals surface area contributed by atoms with Crippen LogP contribution in [0.4, 0.5) is 0 Å². The van der Waals surface area contributed by atoms with Crippen molar-refractivity contribution in [2.45, 2.75) is 13.8 Å². The van der Waals surface area contributed by atoms with Crippen molar-refractivity contribution in [3.63, 3.8) is 0 Å². The van der Waals surface area contributed by atoms with Crippen LogP contribution in [0.1, 0.15) is 11.3 Å². The third kappa shape index (κ3) is 0.784. The van der Waals surface area contributed by atoms with Crippen molar-refractivity contribution in [1.29, 1.82) is 0 Å². The van der Waals surface area contributed by atoms with Crippen LogP contribution in [-0.4, -0.2) is 7.85 Å². The van der Waals surface area contributed by atoms with Gasteiger partial charge < -0.3 is 4.42 Å². The SMILES string of the molecule is [B]c1oc(C)cc1C. The molecule has 0 aliphatic rings. The molecule has 0 unspecified atom stereocenters. The van der Waals surface area contributed by atoms with Crippen molar-refractivity contribution in [1.82, 2.24) is 0 Å². The van der Waals surface area contributed by atoms with Crippen LogP contribution in [0, 0.1) is 13.8 Å². The first kappa shape index (κ1) is 5.48.